The second-order valence-electron chi connectivity index (χ2n) is 4.91. The summed E-state index contributed by atoms with van der Waals surface area (Å²) in [7, 11) is 0. The molecule has 0 unspecified atom stereocenters. The first kappa shape index (κ1) is 14.7. The molecule has 0 atom stereocenters. The number of anilines is 1. The van der Waals surface area contributed by atoms with Crippen molar-refractivity contribution in [1.29, 1.82) is 0 Å². The molecule has 1 aliphatic rings. The van der Waals surface area contributed by atoms with Crippen molar-refractivity contribution in [3.63, 3.8) is 0 Å². The molecule has 0 saturated heterocycles. The zero-order valence-corrected chi connectivity index (χ0v) is 14.2. The first-order valence-corrected chi connectivity index (χ1v) is 8.24. The summed E-state index contributed by atoms with van der Waals surface area (Å²) in [5.41, 5.74) is 7.99. The Morgan fingerprint density at radius 3 is 2.56 bits per heavy atom. The number of thiol groups is 1. The van der Waals surface area contributed by atoms with E-state index in [1.54, 1.807) is 0 Å². The molecule has 3 N–H and O–H groups in total. The predicted octanol–water partition coefficient (Wildman–Crippen LogP) is 4.47. The molecule has 0 aliphatic heterocycles. The van der Waals surface area contributed by atoms with Gasteiger partial charge in [-0.1, -0.05) is 35.2 Å². The Hall–Kier alpha value is 0.290. The number of hydrogen-bond donors (Lipinski definition) is 3. The van der Waals surface area contributed by atoms with Gasteiger partial charge in [0.15, 0.2) is 0 Å². The van der Waals surface area contributed by atoms with Crippen LogP contribution in [-0.4, -0.2) is 4.87 Å². The average Bonchev–Trinajstić information content (AvgIpc) is 2.33. The van der Waals surface area contributed by atoms with Gasteiger partial charge in [0.2, 0.25) is 0 Å². The van der Waals surface area contributed by atoms with Gasteiger partial charge in [-0.3, -0.25) is 5.32 Å². The molecule has 1 saturated carbocycles. The molecule has 0 amide bonds. The SMILES string of the molecule is Nc1c(Br)cc(Br)cc1CNC1(S)CCCCC1. The zero-order chi connectivity index (χ0) is 13.2. The maximum absolute atomic E-state index is 6.08. The van der Waals surface area contributed by atoms with Crippen molar-refractivity contribution in [2.24, 2.45) is 0 Å². The van der Waals surface area contributed by atoms with Crippen LogP contribution in [-0.2, 0) is 6.54 Å². The van der Waals surface area contributed by atoms with Crippen molar-refractivity contribution in [2.75, 3.05) is 5.73 Å². The third-order valence-electron chi connectivity index (χ3n) is 3.47. The largest absolute Gasteiger partial charge is 0.398 e. The van der Waals surface area contributed by atoms with Crippen LogP contribution in [0.3, 0.4) is 0 Å². The van der Waals surface area contributed by atoms with Crippen LogP contribution in [0.1, 0.15) is 37.7 Å². The molecule has 5 heteroatoms. The first-order chi connectivity index (χ1) is 8.50. The number of nitrogens with two attached hydrogens (primary N) is 1. The fraction of sp³-hybridized carbons (Fsp3) is 0.538. The Balaban J connectivity index is 2.05. The van der Waals surface area contributed by atoms with Crippen LogP contribution in [0.5, 0.6) is 0 Å². The summed E-state index contributed by atoms with van der Waals surface area (Å²) in [5.74, 6) is 0. The number of nitrogen functional groups attached to an aromatic ring is 1. The summed E-state index contributed by atoms with van der Waals surface area (Å²) >= 11 is 11.8. The van der Waals surface area contributed by atoms with Crippen molar-refractivity contribution in [3.8, 4) is 0 Å². The normalized spacial score (nSPS) is 18.8. The fourth-order valence-corrected chi connectivity index (χ4v) is 4.07. The van der Waals surface area contributed by atoms with E-state index < -0.39 is 0 Å². The van der Waals surface area contributed by atoms with Crippen LogP contribution in [0.25, 0.3) is 0 Å². The van der Waals surface area contributed by atoms with E-state index in [1.165, 1.54) is 19.3 Å². The molecule has 1 aromatic rings. The molecule has 0 radical (unpaired) electrons. The molecule has 1 fully saturated rings. The number of rotatable bonds is 3. The second-order valence-corrected chi connectivity index (χ2v) is 7.53. The number of benzene rings is 1. The quantitative estimate of drug-likeness (QED) is 0.402. The molecular formula is C13H18Br2N2S. The van der Waals surface area contributed by atoms with Crippen LogP contribution in [0.4, 0.5) is 5.69 Å². The monoisotopic (exact) mass is 392 g/mol. The van der Waals surface area contributed by atoms with Crippen LogP contribution < -0.4 is 11.1 Å². The van der Waals surface area contributed by atoms with Gasteiger partial charge in [0, 0.05) is 15.5 Å². The van der Waals surface area contributed by atoms with Crippen LogP contribution in [0.2, 0.25) is 0 Å². The van der Waals surface area contributed by atoms with Gasteiger partial charge < -0.3 is 5.73 Å². The molecular weight excluding hydrogens is 376 g/mol. The van der Waals surface area contributed by atoms with E-state index in [9.17, 15) is 0 Å². The molecule has 0 aromatic heterocycles. The molecule has 0 spiro atoms. The highest BCUT2D eigenvalue weighted by Gasteiger charge is 2.27. The minimum absolute atomic E-state index is 0.0283. The van der Waals surface area contributed by atoms with Gasteiger partial charge in [-0.15, -0.1) is 0 Å². The minimum atomic E-state index is -0.0283. The van der Waals surface area contributed by atoms with Crippen LogP contribution >= 0.6 is 44.5 Å². The van der Waals surface area contributed by atoms with Gasteiger partial charge in [0.05, 0.1) is 10.6 Å². The Kier molecular flexibility index (Phi) is 5.03. The highest BCUT2D eigenvalue weighted by molar-refractivity contribution is 9.11. The minimum Gasteiger partial charge on any atom is -0.398 e. The maximum atomic E-state index is 6.08. The van der Waals surface area contributed by atoms with Crippen LogP contribution in [0, 0.1) is 0 Å². The van der Waals surface area contributed by atoms with E-state index >= 15 is 0 Å². The van der Waals surface area contributed by atoms with Gasteiger partial charge in [-0.2, -0.15) is 12.6 Å². The zero-order valence-electron chi connectivity index (χ0n) is 10.2. The Bertz CT molecular complexity index is 431. The molecule has 1 aliphatic carbocycles. The molecule has 1 aromatic carbocycles. The summed E-state index contributed by atoms with van der Waals surface area (Å²) < 4.78 is 1.97. The first-order valence-electron chi connectivity index (χ1n) is 6.21. The number of nitrogens with one attached hydrogen (secondary N) is 1. The fourth-order valence-electron chi connectivity index (χ4n) is 2.36. The third kappa shape index (κ3) is 3.65. The van der Waals surface area contributed by atoms with Gasteiger partial charge in [-0.05, 0) is 46.5 Å². The van der Waals surface area contributed by atoms with Gasteiger partial charge in [0.1, 0.15) is 0 Å². The lowest BCUT2D eigenvalue weighted by molar-refractivity contribution is 0.339. The lowest BCUT2D eigenvalue weighted by atomic mass is 9.94. The van der Waals surface area contributed by atoms with Crippen molar-refractivity contribution in [2.45, 2.75) is 43.5 Å². The molecule has 18 heavy (non-hydrogen) atoms. The Morgan fingerprint density at radius 2 is 1.89 bits per heavy atom. The Morgan fingerprint density at radius 1 is 1.22 bits per heavy atom. The molecule has 0 heterocycles. The standard InChI is InChI=1S/C13H18Br2N2S/c14-10-6-9(12(16)11(15)7-10)8-17-13(18)4-2-1-3-5-13/h6-7,17-18H,1-5,8,16H2. The van der Waals surface area contributed by atoms with E-state index in [0.717, 1.165) is 39.6 Å². The van der Waals surface area contributed by atoms with Crippen LogP contribution in [0.15, 0.2) is 21.1 Å². The van der Waals surface area contributed by atoms with E-state index in [1.807, 2.05) is 6.07 Å². The lowest BCUT2D eigenvalue weighted by Gasteiger charge is -2.34. The highest BCUT2D eigenvalue weighted by Crippen LogP contribution is 2.33. The lowest BCUT2D eigenvalue weighted by Crippen LogP contribution is -2.41. The van der Waals surface area contributed by atoms with Gasteiger partial charge >= 0.3 is 0 Å². The summed E-state index contributed by atoms with van der Waals surface area (Å²) in [6.45, 7) is 0.757. The molecule has 100 valence electrons. The van der Waals surface area contributed by atoms with E-state index in [2.05, 4.69) is 43.2 Å². The van der Waals surface area contributed by atoms with Crippen molar-refractivity contribution in [3.05, 3.63) is 26.6 Å². The average molecular weight is 394 g/mol. The molecule has 2 nitrogen and oxygen atoms in total. The summed E-state index contributed by atoms with van der Waals surface area (Å²) in [6.07, 6.45) is 6.10. The third-order valence-corrected chi connectivity index (χ3v) is 5.19. The second kappa shape index (κ2) is 6.16. The molecule has 0 bridgehead atoms. The van der Waals surface area contributed by atoms with Gasteiger partial charge in [0.25, 0.3) is 0 Å². The maximum Gasteiger partial charge on any atom is 0.0618 e. The summed E-state index contributed by atoms with van der Waals surface area (Å²) in [6, 6.07) is 4.03. The van der Waals surface area contributed by atoms with Crippen molar-refractivity contribution in [1.82, 2.24) is 5.32 Å². The summed E-state index contributed by atoms with van der Waals surface area (Å²) in [4.78, 5) is -0.0283. The van der Waals surface area contributed by atoms with Gasteiger partial charge in [-0.25, -0.2) is 0 Å². The van der Waals surface area contributed by atoms with E-state index in [-0.39, 0.29) is 4.87 Å². The number of halogens is 2. The van der Waals surface area contributed by atoms with E-state index in [0.29, 0.717) is 0 Å². The summed E-state index contributed by atoms with van der Waals surface area (Å²) in [5, 5.41) is 3.55. The number of hydrogen-bond acceptors (Lipinski definition) is 3. The van der Waals surface area contributed by atoms with Crippen molar-refractivity contribution < 1.29 is 0 Å². The van der Waals surface area contributed by atoms with Crippen molar-refractivity contribution >= 4 is 50.2 Å². The predicted molar refractivity (Wildman–Crippen MR) is 87.9 cm³/mol. The topological polar surface area (TPSA) is 38.0 Å². The molecule has 2 rings (SSSR count). The van der Waals surface area contributed by atoms with E-state index in [4.69, 9.17) is 18.4 Å². The highest BCUT2D eigenvalue weighted by atomic mass is 79.9. The Labute approximate surface area is 131 Å². The smallest absolute Gasteiger partial charge is 0.0618 e.